The van der Waals surface area contributed by atoms with Crippen molar-refractivity contribution < 1.29 is 61.5 Å². The van der Waals surface area contributed by atoms with Crippen LogP contribution >= 0.6 is 8.60 Å². The molecule has 8 aromatic rings. The van der Waals surface area contributed by atoms with E-state index >= 15 is 0 Å². The molecule has 3 N–H and O–H groups in total. The topological polar surface area (TPSA) is 265 Å². The summed E-state index contributed by atoms with van der Waals surface area (Å²) in [6.45, 7) is 0.697. The Balaban J connectivity index is 0.926. The van der Waals surface area contributed by atoms with Gasteiger partial charge in [0.1, 0.15) is 72.2 Å². The Morgan fingerprint density at radius 1 is 0.679 bits per heavy atom. The highest BCUT2D eigenvalue weighted by Gasteiger charge is 2.45. The van der Waals surface area contributed by atoms with Crippen molar-refractivity contribution in [3.63, 3.8) is 0 Å². The van der Waals surface area contributed by atoms with E-state index in [0.29, 0.717) is 28.3 Å². The summed E-state index contributed by atoms with van der Waals surface area (Å²) in [6, 6.07) is 43.2. The number of aromatic nitrogens is 6. The van der Waals surface area contributed by atoms with Gasteiger partial charge in [-0.15, -0.1) is 0 Å². The molecular weight excluding hydrogens is 1060 g/mol. The van der Waals surface area contributed by atoms with Crippen molar-refractivity contribution in [3.8, 4) is 11.5 Å². The predicted octanol–water partition coefficient (Wildman–Crippen LogP) is 7.70. The number of carbonyl (C=O) groups excluding carboxylic acids is 4. The van der Waals surface area contributed by atoms with E-state index in [9.17, 15) is 28.9 Å². The lowest BCUT2D eigenvalue weighted by Crippen LogP contribution is -2.38. The van der Waals surface area contributed by atoms with Gasteiger partial charge in [0.25, 0.3) is 11.8 Å². The second-order valence-electron chi connectivity index (χ2n) is 18.8. The summed E-state index contributed by atoms with van der Waals surface area (Å²) in [5, 5.41) is 5.44. The molecular formula is C58H55N8O14P. The number of nitrogens with one attached hydrogen (secondary N) is 2. The Morgan fingerprint density at radius 3 is 1.83 bits per heavy atom. The minimum Gasteiger partial charge on any atom is -0.497 e. The number of ketones is 1. The molecule has 2 amide bonds. The number of ether oxygens (including phenoxy) is 6. The molecule has 5 aromatic carbocycles. The second-order valence-corrected chi connectivity index (χ2v) is 19.8. The molecule has 2 aliphatic heterocycles. The summed E-state index contributed by atoms with van der Waals surface area (Å²) in [7, 11) is 0.391. The summed E-state index contributed by atoms with van der Waals surface area (Å²) in [6.07, 6.45) is -2.21. The fourth-order valence-electron chi connectivity index (χ4n) is 9.66. The number of amides is 2. The van der Waals surface area contributed by atoms with Crippen LogP contribution < -0.4 is 25.8 Å². The normalized spacial score (nSPS) is 19.2. The quantitative estimate of drug-likeness (QED) is 0.0254. The Kier molecular flexibility index (Phi) is 17.4. The molecule has 416 valence electrons. The van der Waals surface area contributed by atoms with E-state index in [2.05, 4.69) is 30.6 Å². The molecule has 2 saturated heterocycles. The Bertz CT molecular complexity index is 3490. The highest BCUT2D eigenvalue weighted by Crippen LogP contribution is 2.46. The first kappa shape index (κ1) is 55.7. The zero-order chi connectivity index (χ0) is 56.5. The fourth-order valence-corrected chi connectivity index (χ4v) is 10.4. The van der Waals surface area contributed by atoms with Crippen LogP contribution in [0.15, 0.2) is 169 Å². The van der Waals surface area contributed by atoms with Gasteiger partial charge in [-0.25, -0.2) is 19.7 Å². The first-order chi connectivity index (χ1) is 39.4. The summed E-state index contributed by atoms with van der Waals surface area (Å²) < 4.78 is 52.4. The van der Waals surface area contributed by atoms with Crippen LogP contribution in [-0.2, 0) is 43.2 Å². The number of anilines is 2. The zero-order valence-corrected chi connectivity index (χ0v) is 44.9. The number of hydrogen-bond donors (Lipinski definition) is 3. The van der Waals surface area contributed by atoms with E-state index in [1.165, 1.54) is 36.4 Å². The molecule has 5 heterocycles. The van der Waals surface area contributed by atoms with E-state index in [1.807, 2.05) is 78.9 Å². The van der Waals surface area contributed by atoms with E-state index in [4.69, 9.17) is 37.5 Å². The number of Topliss-reactive ketones (excluding diaryl/α,β-unsaturated/α-hetero) is 1. The maximum Gasteiger partial charge on any atom is 0.351 e. The molecule has 0 radical (unpaired) electrons. The van der Waals surface area contributed by atoms with E-state index in [0.717, 1.165) is 16.7 Å². The minimum absolute atomic E-state index is 0.00359. The van der Waals surface area contributed by atoms with Gasteiger partial charge < -0.3 is 53.0 Å². The van der Waals surface area contributed by atoms with Gasteiger partial charge >= 0.3 is 20.3 Å². The van der Waals surface area contributed by atoms with Crippen molar-refractivity contribution in [2.75, 3.05) is 38.1 Å². The zero-order valence-electron chi connectivity index (χ0n) is 44.0. The van der Waals surface area contributed by atoms with Gasteiger partial charge in [0, 0.05) is 30.2 Å². The average molecular weight is 1120 g/mol. The summed E-state index contributed by atoms with van der Waals surface area (Å²) in [4.78, 5) is 93.6. The molecule has 22 nitrogen and oxygen atoms in total. The van der Waals surface area contributed by atoms with Crippen LogP contribution in [-0.4, -0.2) is 109 Å². The molecule has 3 aromatic heterocycles. The summed E-state index contributed by atoms with van der Waals surface area (Å²) in [5.41, 5.74) is 1.60. The van der Waals surface area contributed by atoms with Gasteiger partial charge in [-0.2, -0.15) is 4.98 Å². The molecule has 0 bridgehead atoms. The smallest absolute Gasteiger partial charge is 0.351 e. The van der Waals surface area contributed by atoms with Gasteiger partial charge in [0.05, 0.1) is 39.9 Å². The van der Waals surface area contributed by atoms with Crippen LogP contribution in [0.4, 0.5) is 11.6 Å². The number of rotatable bonds is 22. The number of fused-ring (bicyclic) bond motifs is 1. The Morgan fingerprint density at radius 2 is 1.23 bits per heavy atom. The first-order valence-corrected chi connectivity index (χ1v) is 26.8. The molecule has 0 saturated carbocycles. The molecule has 81 heavy (non-hydrogen) atoms. The van der Waals surface area contributed by atoms with Crippen molar-refractivity contribution in [1.29, 1.82) is 0 Å². The molecule has 1 unspecified atom stereocenters. The molecule has 23 heteroatoms. The van der Waals surface area contributed by atoms with Crippen molar-refractivity contribution in [2.45, 2.75) is 68.7 Å². The lowest BCUT2D eigenvalue weighted by atomic mass is 9.80. The molecule has 0 spiro atoms. The van der Waals surface area contributed by atoms with E-state index in [1.54, 1.807) is 79.5 Å². The third kappa shape index (κ3) is 12.7. The molecule has 7 atom stereocenters. The maximum atomic E-state index is 13.4. The standard InChI is InChI=1S/C58H55N8O14P/c1-36(67)29-51(68)79-44-30-49(65-28-27-48(63-57(65)71)62-55(69)37-13-7-4-8-14-37)78-47(44)33-76-81(72)80-45-31-50(66-35-61-52-53(59-34-60-54(52)66)64-56(70)38-15-9-5-10-16-38)77-46(45)32-75-58(39-17-11-6-12-18-39,40-19-23-42(73-2)24-20-40)41-21-25-43(74-3)26-22-41/h4-28,34-35,44-47,49-50,72H,29-33H2,1-3H3,(H,59,60,64,70)(H,62,63,69,71)/t44-,45-,46+,47+,49+,50+,81?/m0/s1. The van der Waals surface area contributed by atoms with Crippen LogP contribution in [0.2, 0.25) is 0 Å². The van der Waals surface area contributed by atoms with Gasteiger partial charge in [-0.3, -0.25) is 28.3 Å². The SMILES string of the molecule is COc1ccc(C(OC[C@H]2O[C@@H](n3cnc4c(NC(=O)c5ccccc5)ncnc43)C[C@@H]2OP(O)OC[C@H]2O[C@@H](n3ccc(NC(=O)c4ccccc4)nc3=O)C[C@@H]2OC(=O)CC(C)=O)(c2ccccc2)c2ccc(OC)cc2)cc1. The van der Waals surface area contributed by atoms with Crippen LogP contribution in [0.5, 0.6) is 11.5 Å². The van der Waals surface area contributed by atoms with Crippen LogP contribution in [0, 0.1) is 0 Å². The van der Waals surface area contributed by atoms with Crippen molar-refractivity contribution in [3.05, 3.63) is 203 Å². The molecule has 2 fully saturated rings. The summed E-state index contributed by atoms with van der Waals surface area (Å²) >= 11 is 0. The molecule has 0 aliphatic carbocycles. The Hall–Kier alpha value is -8.60. The highest BCUT2D eigenvalue weighted by atomic mass is 31.2. The first-order valence-electron chi connectivity index (χ1n) is 25.7. The van der Waals surface area contributed by atoms with Crippen molar-refractivity contribution in [1.82, 2.24) is 29.1 Å². The number of carbonyl (C=O) groups is 4. The van der Waals surface area contributed by atoms with E-state index in [-0.39, 0.29) is 36.6 Å². The van der Waals surface area contributed by atoms with Crippen molar-refractivity contribution >= 4 is 55.0 Å². The molecule has 2 aliphatic rings. The predicted molar refractivity (Wildman–Crippen MR) is 293 cm³/mol. The van der Waals surface area contributed by atoms with Crippen LogP contribution in [0.3, 0.4) is 0 Å². The number of hydrogen-bond acceptors (Lipinski definition) is 18. The molecule has 10 rings (SSSR count). The average Bonchev–Trinajstić information content (AvgIpc) is 4.27. The number of imidazole rings is 1. The highest BCUT2D eigenvalue weighted by molar-refractivity contribution is 7.40. The third-order valence-corrected chi connectivity index (χ3v) is 14.4. The fraction of sp³-hybridized carbons (Fsp3) is 0.259. The third-order valence-electron chi connectivity index (χ3n) is 13.6. The number of nitrogens with zero attached hydrogens (tertiary/aromatic N) is 6. The van der Waals surface area contributed by atoms with Gasteiger partial charge in [-0.1, -0.05) is 91.0 Å². The number of methoxy groups -OCH3 is 2. The van der Waals surface area contributed by atoms with Crippen molar-refractivity contribution in [2.24, 2.45) is 0 Å². The van der Waals surface area contributed by atoms with Gasteiger partial charge in [-0.05, 0) is 78.2 Å². The lowest BCUT2D eigenvalue weighted by molar-refractivity contribution is -0.154. The largest absolute Gasteiger partial charge is 0.497 e. The maximum absolute atomic E-state index is 13.4. The van der Waals surface area contributed by atoms with Gasteiger partial charge in [0.15, 0.2) is 17.0 Å². The minimum atomic E-state index is -2.78. The van der Waals surface area contributed by atoms with Gasteiger partial charge in [0.2, 0.25) is 0 Å². The van der Waals surface area contributed by atoms with Crippen LogP contribution in [0.25, 0.3) is 11.2 Å². The van der Waals surface area contributed by atoms with E-state index < -0.39 is 93.4 Å². The monoisotopic (exact) mass is 1120 g/mol. The number of benzene rings is 5. The Labute approximate surface area is 464 Å². The lowest BCUT2D eigenvalue weighted by Gasteiger charge is -2.37. The second kappa shape index (κ2) is 25.2. The van der Waals surface area contributed by atoms with Crippen LogP contribution in [0.1, 0.15) is 76.0 Å². The summed E-state index contributed by atoms with van der Waals surface area (Å²) in [5.74, 6) is -0.701. The number of esters is 1.